The van der Waals surface area contributed by atoms with Crippen LogP contribution in [0.1, 0.15) is 63.9 Å². The van der Waals surface area contributed by atoms with E-state index < -0.39 is 11.0 Å². The van der Waals surface area contributed by atoms with Gasteiger partial charge in [-0.1, -0.05) is 49.6 Å². The van der Waals surface area contributed by atoms with Gasteiger partial charge in [-0.3, -0.25) is 14.5 Å². The van der Waals surface area contributed by atoms with Crippen LogP contribution in [-0.4, -0.2) is 78.4 Å². The Kier molecular flexibility index (Phi) is 8.37. The first kappa shape index (κ1) is 26.6. The Morgan fingerprint density at radius 1 is 1.14 bits per heavy atom. The number of carbonyl (C=O) groups is 2. The van der Waals surface area contributed by atoms with Gasteiger partial charge in [-0.15, -0.1) is 0 Å². The lowest BCUT2D eigenvalue weighted by atomic mass is 9.67. The van der Waals surface area contributed by atoms with E-state index in [1.165, 1.54) is 12.0 Å². The van der Waals surface area contributed by atoms with Crippen molar-refractivity contribution in [2.24, 2.45) is 11.3 Å². The third-order valence-electron chi connectivity index (χ3n) is 8.95. The summed E-state index contributed by atoms with van der Waals surface area (Å²) in [5, 5.41) is 13.4. The predicted octanol–water partition coefficient (Wildman–Crippen LogP) is 3.41. The van der Waals surface area contributed by atoms with Crippen LogP contribution in [0.3, 0.4) is 0 Å². The van der Waals surface area contributed by atoms with Crippen LogP contribution in [-0.2, 0) is 16.1 Å². The predicted molar refractivity (Wildman–Crippen MR) is 141 cm³/mol. The maximum absolute atomic E-state index is 14.0. The monoisotopic (exact) mass is 493 g/mol. The SMILES string of the molecule is CN(C)C1CCN(C(=O)CC(C)(C(=O)NC2(C#N)CCN(Cc3ccccc3)C2)C2CCCCC2)C1. The molecule has 7 nitrogen and oxygen atoms in total. The summed E-state index contributed by atoms with van der Waals surface area (Å²) < 4.78 is 0. The minimum atomic E-state index is -0.908. The van der Waals surface area contributed by atoms with Gasteiger partial charge in [0.2, 0.25) is 11.8 Å². The Labute approximate surface area is 216 Å². The van der Waals surface area contributed by atoms with E-state index in [2.05, 4.69) is 47.4 Å². The molecule has 3 aliphatic rings. The van der Waals surface area contributed by atoms with Gasteiger partial charge in [-0.2, -0.15) is 5.26 Å². The van der Waals surface area contributed by atoms with Crippen molar-refractivity contribution in [2.45, 2.75) is 76.4 Å². The molecule has 196 valence electrons. The minimum Gasteiger partial charge on any atom is -0.341 e. The highest BCUT2D eigenvalue weighted by molar-refractivity contribution is 5.90. The van der Waals surface area contributed by atoms with Crippen LogP contribution in [0.2, 0.25) is 0 Å². The molecule has 1 N–H and O–H groups in total. The maximum atomic E-state index is 14.0. The van der Waals surface area contributed by atoms with Crippen molar-refractivity contribution in [2.75, 3.05) is 40.3 Å². The van der Waals surface area contributed by atoms with Gasteiger partial charge >= 0.3 is 0 Å². The summed E-state index contributed by atoms with van der Waals surface area (Å²) in [7, 11) is 4.12. The molecule has 2 aliphatic heterocycles. The van der Waals surface area contributed by atoms with Crippen LogP contribution in [0.15, 0.2) is 30.3 Å². The van der Waals surface area contributed by atoms with Crippen molar-refractivity contribution >= 4 is 11.8 Å². The standard InChI is InChI=1S/C29H43N5O2/c1-28(24-12-8-5-9-13-24,18-26(35)34-16-14-25(20-34)32(2)3)27(36)31-29(21-30)15-17-33(22-29)19-23-10-6-4-7-11-23/h4,6-7,10-11,24-25H,5,8-9,12-20,22H2,1-3H3,(H,31,36). The molecule has 0 bridgehead atoms. The number of nitrogens with zero attached hydrogens (tertiary/aromatic N) is 4. The minimum absolute atomic E-state index is 0.0747. The summed E-state index contributed by atoms with van der Waals surface area (Å²) in [6.45, 7) is 5.50. The van der Waals surface area contributed by atoms with Gasteiger partial charge in [0.15, 0.2) is 0 Å². The Bertz CT molecular complexity index is 954. The molecule has 0 radical (unpaired) electrons. The normalized spacial score (nSPS) is 27.1. The quantitative estimate of drug-likeness (QED) is 0.600. The number of hydrogen-bond acceptors (Lipinski definition) is 5. The molecule has 2 saturated heterocycles. The maximum Gasteiger partial charge on any atom is 0.228 e. The lowest BCUT2D eigenvalue weighted by molar-refractivity contribution is -0.144. The zero-order valence-electron chi connectivity index (χ0n) is 22.3. The van der Waals surface area contributed by atoms with Crippen LogP contribution in [0.4, 0.5) is 0 Å². The average molecular weight is 494 g/mol. The third kappa shape index (κ3) is 5.92. The van der Waals surface area contributed by atoms with E-state index in [4.69, 9.17) is 0 Å². The van der Waals surface area contributed by atoms with Crippen molar-refractivity contribution in [1.29, 1.82) is 5.26 Å². The topological polar surface area (TPSA) is 79.7 Å². The third-order valence-corrected chi connectivity index (χ3v) is 8.95. The molecule has 3 unspecified atom stereocenters. The van der Waals surface area contributed by atoms with Crippen LogP contribution >= 0.6 is 0 Å². The Balaban J connectivity index is 1.47. The fourth-order valence-corrected chi connectivity index (χ4v) is 6.41. The van der Waals surface area contributed by atoms with Gasteiger partial charge in [0.25, 0.3) is 0 Å². The zero-order chi connectivity index (χ0) is 25.8. The molecule has 1 aliphatic carbocycles. The van der Waals surface area contributed by atoms with Crippen molar-refractivity contribution in [3.05, 3.63) is 35.9 Å². The molecule has 2 amide bonds. The van der Waals surface area contributed by atoms with Gasteiger partial charge in [0.1, 0.15) is 5.54 Å². The van der Waals surface area contributed by atoms with Crippen molar-refractivity contribution in [3.63, 3.8) is 0 Å². The Morgan fingerprint density at radius 2 is 1.86 bits per heavy atom. The van der Waals surface area contributed by atoms with Crippen molar-refractivity contribution in [1.82, 2.24) is 20.0 Å². The summed E-state index contributed by atoms with van der Waals surface area (Å²) in [5.74, 6) is 0.125. The first-order valence-electron chi connectivity index (χ1n) is 13.7. The number of nitrogens with one attached hydrogen (secondary N) is 1. The summed E-state index contributed by atoms with van der Waals surface area (Å²) in [4.78, 5) is 33.8. The Hall–Kier alpha value is -2.43. The number of rotatable bonds is 8. The number of amides is 2. The number of carbonyl (C=O) groups excluding carboxylic acids is 2. The van der Waals surface area contributed by atoms with E-state index in [1.54, 1.807) is 0 Å². The van der Waals surface area contributed by atoms with E-state index in [0.717, 1.165) is 58.3 Å². The summed E-state index contributed by atoms with van der Waals surface area (Å²) in [5.41, 5.74) is -0.504. The van der Waals surface area contributed by atoms with Crippen LogP contribution in [0.25, 0.3) is 0 Å². The Morgan fingerprint density at radius 3 is 2.50 bits per heavy atom. The summed E-state index contributed by atoms with van der Waals surface area (Å²) in [6, 6.07) is 13.1. The van der Waals surface area contributed by atoms with E-state index in [-0.39, 0.29) is 24.2 Å². The van der Waals surface area contributed by atoms with Gasteiger partial charge < -0.3 is 15.1 Å². The molecule has 3 atom stereocenters. The van der Waals surface area contributed by atoms with Gasteiger partial charge in [-0.25, -0.2) is 0 Å². The molecule has 36 heavy (non-hydrogen) atoms. The molecule has 7 heteroatoms. The highest BCUT2D eigenvalue weighted by atomic mass is 16.2. The molecule has 3 fully saturated rings. The van der Waals surface area contributed by atoms with Crippen LogP contribution in [0, 0.1) is 22.7 Å². The second-order valence-electron chi connectivity index (χ2n) is 11.8. The summed E-state index contributed by atoms with van der Waals surface area (Å²) >= 11 is 0. The smallest absolute Gasteiger partial charge is 0.228 e. The zero-order valence-corrected chi connectivity index (χ0v) is 22.3. The average Bonchev–Trinajstić information content (AvgIpc) is 3.54. The van der Waals surface area contributed by atoms with E-state index in [0.29, 0.717) is 19.0 Å². The largest absolute Gasteiger partial charge is 0.341 e. The number of likely N-dealkylation sites (N-methyl/N-ethyl adjacent to an activating group) is 1. The molecule has 0 spiro atoms. The lowest BCUT2D eigenvalue weighted by Gasteiger charge is -2.40. The first-order valence-corrected chi connectivity index (χ1v) is 13.7. The van der Waals surface area contributed by atoms with E-state index >= 15 is 0 Å². The number of benzene rings is 1. The van der Waals surface area contributed by atoms with Gasteiger partial charge in [-0.05, 0) is 58.2 Å². The number of hydrogen-bond donors (Lipinski definition) is 1. The van der Waals surface area contributed by atoms with Crippen molar-refractivity contribution < 1.29 is 9.59 Å². The van der Waals surface area contributed by atoms with Crippen LogP contribution < -0.4 is 5.32 Å². The second-order valence-corrected chi connectivity index (χ2v) is 11.8. The molecule has 1 aromatic rings. The molecule has 2 heterocycles. The molecule has 4 rings (SSSR count). The first-order chi connectivity index (χ1) is 17.2. The highest BCUT2D eigenvalue weighted by Gasteiger charge is 2.48. The van der Waals surface area contributed by atoms with Gasteiger partial charge in [0, 0.05) is 45.2 Å². The fourth-order valence-electron chi connectivity index (χ4n) is 6.41. The molecular weight excluding hydrogens is 450 g/mol. The number of nitriles is 1. The summed E-state index contributed by atoms with van der Waals surface area (Å²) in [6.07, 6.45) is 7.13. The van der Waals surface area contributed by atoms with Crippen molar-refractivity contribution in [3.8, 4) is 6.07 Å². The number of likely N-dealkylation sites (tertiary alicyclic amines) is 2. The van der Waals surface area contributed by atoms with E-state index in [1.807, 2.05) is 30.0 Å². The molecule has 1 saturated carbocycles. The van der Waals surface area contributed by atoms with E-state index in [9.17, 15) is 14.9 Å². The van der Waals surface area contributed by atoms with Crippen LogP contribution in [0.5, 0.6) is 0 Å². The lowest BCUT2D eigenvalue weighted by Crippen LogP contribution is -2.56. The highest BCUT2D eigenvalue weighted by Crippen LogP contribution is 2.42. The molecule has 1 aromatic carbocycles. The second kappa shape index (κ2) is 11.3. The fraction of sp³-hybridized carbons (Fsp3) is 0.690. The molecule has 0 aromatic heterocycles. The molecular formula is C29H43N5O2. The van der Waals surface area contributed by atoms with Gasteiger partial charge in [0.05, 0.1) is 11.5 Å².